The molecule has 0 fully saturated rings. The van der Waals surface area contributed by atoms with Crippen LogP contribution in [0.3, 0.4) is 0 Å². The number of rotatable bonds is 3. The van der Waals surface area contributed by atoms with E-state index in [0.29, 0.717) is 0 Å². The molecule has 0 aliphatic carbocycles. The van der Waals surface area contributed by atoms with Crippen LogP contribution in [0, 0.1) is 0 Å². The largest absolute Gasteiger partial charge is 0.345 e. The molecule has 62 valence electrons. The summed E-state index contributed by atoms with van der Waals surface area (Å²) in [5, 5.41) is 4.50. The third-order valence-electron chi connectivity index (χ3n) is 1.12. The Balaban J connectivity index is 2.43. The Morgan fingerprint density at radius 3 is 3.17 bits per heavy atom. The van der Waals surface area contributed by atoms with Crippen LogP contribution < -0.4 is 5.32 Å². The number of aliphatic imine (C=N–C) groups is 1. The van der Waals surface area contributed by atoms with E-state index in [2.05, 4.69) is 27.9 Å². The second-order valence-corrected chi connectivity index (χ2v) is 2.26. The average Bonchev–Trinajstić information content (AvgIpc) is 2.14. The highest BCUT2D eigenvalue weighted by molar-refractivity contribution is 7.83. The molecule has 0 bridgehead atoms. The van der Waals surface area contributed by atoms with Crippen molar-refractivity contribution < 1.29 is 0 Å². The van der Waals surface area contributed by atoms with Gasteiger partial charge in [0.25, 0.3) is 0 Å². The Hall–Kier alpha value is -1.29. The molecule has 1 aromatic rings. The minimum atomic E-state index is 0.911. The number of hydrogen-bond acceptors (Lipinski definition) is 3. The first-order chi connectivity index (χ1) is 5.93. The fourth-order valence-corrected chi connectivity index (χ4v) is 0.718. The summed E-state index contributed by atoms with van der Waals surface area (Å²) >= 11 is 3.85. The highest BCUT2D eigenvalue weighted by Gasteiger charge is 1.82. The van der Waals surface area contributed by atoms with Crippen LogP contribution in [-0.2, 0) is 0 Å². The Labute approximate surface area is 76.7 Å². The zero-order chi connectivity index (χ0) is 8.65. The van der Waals surface area contributed by atoms with E-state index in [1.807, 2.05) is 12.1 Å². The van der Waals surface area contributed by atoms with Gasteiger partial charge in [-0.25, -0.2) is 4.99 Å². The van der Waals surface area contributed by atoms with Crippen molar-refractivity contribution in [3.8, 4) is 0 Å². The quantitative estimate of drug-likeness (QED) is 0.422. The van der Waals surface area contributed by atoms with E-state index in [9.17, 15) is 0 Å². The molecule has 0 atom stereocenters. The molecule has 0 spiro atoms. The van der Waals surface area contributed by atoms with Crippen molar-refractivity contribution in [1.29, 1.82) is 0 Å². The van der Waals surface area contributed by atoms with Gasteiger partial charge >= 0.3 is 0 Å². The van der Waals surface area contributed by atoms with Crippen LogP contribution in [0.2, 0.25) is 0 Å². The minimum absolute atomic E-state index is 0.911. The molecule has 1 rings (SSSR count). The molecular formula is C8H9N3S. The summed E-state index contributed by atoms with van der Waals surface area (Å²) in [6.07, 6.45) is 6.59. The third kappa shape index (κ3) is 3.21. The fourth-order valence-electron chi connectivity index (χ4n) is 0.641. The number of thiol groups is 1. The van der Waals surface area contributed by atoms with Crippen LogP contribution in [0.15, 0.2) is 41.1 Å². The average molecular weight is 179 g/mol. The fraction of sp³-hybridized carbons (Fsp3) is 0. The predicted octanol–water partition coefficient (Wildman–Crippen LogP) is 1.92. The first-order valence-electron chi connectivity index (χ1n) is 3.41. The predicted molar refractivity (Wildman–Crippen MR) is 54.5 cm³/mol. The van der Waals surface area contributed by atoms with Crippen molar-refractivity contribution >= 4 is 24.7 Å². The molecular weight excluding hydrogens is 170 g/mol. The van der Waals surface area contributed by atoms with Crippen LogP contribution in [0.25, 0.3) is 0 Å². The molecule has 3 nitrogen and oxygen atoms in total. The van der Waals surface area contributed by atoms with Crippen LogP contribution in [0.4, 0.5) is 5.69 Å². The van der Waals surface area contributed by atoms with Gasteiger partial charge in [-0.15, -0.1) is 12.6 Å². The van der Waals surface area contributed by atoms with Gasteiger partial charge in [0.05, 0.1) is 18.2 Å². The lowest BCUT2D eigenvalue weighted by Crippen LogP contribution is -1.93. The Bertz CT molecular complexity index is 269. The van der Waals surface area contributed by atoms with Crippen LogP contribution in [-0.4, -0.2) is 11.3 Å². The first kappa shape index (κ1) is 8.80. The number of hydrogen-bond donors (Lipinski definition) is 2. The monoisotopic (exact) mass is 179 g/mol. The van der Waals surface area contributed by atoms with Crippen LogP contribution in [0.1, 0.15) is 0 Å². The number of anilines is 1. The summed E-state index contributed by atoms with van der Waals surface area (Å²) < 4.78 is 0. The highest BCUT2D eigenvalue weighted by Crippen LogP contribution is 1.99. The zero-order valence-corrected chi connectivity index (χ0v) is 7.28. The maximum absolute atomic E-state index is 3.93. The number of nitrogens with zero attached hydrogens (tertiary/aromatic N) is 2. The van der Waals surface area contributed by atoms with Crippen molar-refractivity contribution in [3.05, 3.63) is 36.1 Å². The number of pyridine rings is 1. The Kier molecular flexibility index (Phi) is 3.94. The maximum atomic E-state index is 3.93. The minimum Gasteiger partial charge on any atom is -0.345 e. The molecule has 1 heterocycles. The van der Waals surface area contributed by atoms with E-state index >= 15 is 0 Å². The molecule has 0 radical (unpaired) electrons. The van der Waals surface area contributed by atoms with Crippen molar-refractivity contribution in [2.75, 3.05) is 5.32 Å². The molecule has 0 aromatic carbocycles. The maximum Gasteiger partial charge on any atom is 0.0923 e. The molecule has 4 heteroatoms. The summed E-state index contributed by atoms with van der Waals surface area (Å²) in [5.41, 5.74) is 0.911. The molecule has 0 aliphatic rings. The lowest BCUT2D eigenvalue weighted by molar-refractivity contribution is 1.33. The Morgan fingerprint density at radius 2 is 2.50 bits per heavy atom. The summed E-state index contributed by atoms with van der Waals surface area (Å²) in [6.45, 7) is 0. The van der Waals surface area contributed by atoms with Gasteiger partial charge in [-0.05, 0) is 17.5 Å². The van der Waals surface area contributed by atoms with Crippen molar-refractivity contribution in [2.45, 2.75) is 0 Å². The van der Waals surface area contributed by atoms with E-state index in [1.54, 1.807) is 30.3 Å². The molecule has 0 unspecified atom stereocenters. The lowest BCUT2D eigenvalue weighted by Gasteiger charge is -1.95. The second kappa shape index (κ2) is 5.37. The van der Waals surface area contributed by atoms with E-state index in [0.717, 1.165) is 5.69 Å². The van der Waals surface area contributed by atoms with Crippen molar-refractivity contribution in [3.63, 3.8) is 0 Å². The van der Waals surface area contributed by atoms with Crippen LogP contribution >= 0.6 is 12.6 Å². The van der Waals surface area contributed by atoms with Gasteiger partial charge in [0, 0.05) is 12.4 Å². The summed E-state index contributed by atoms with van der Waals surface area (Å²) in [7, 11) is 0. The molecule has 1 N–H and O–H groups in total. The summed E-state index contributed by atoms with van der Waals surface area (Å²) in [4.78, 5) is 7.79. The van der Waals surface area contributed by atoms with Gasteiger partial charge in [0.2, 0.25) is 0 Å². The normalized spacial score (nSPS) is 11.1. The Morgan fingerprint density at radius 1 is 1.58 bits per heavy atom. The topological polar surface area (TPSA) is 37.3 Å². The summed E-state index contributed by atoms with van der Waals surface area (Å²) in [5.74, 6) is 0. The summed E-state index contributed by atoms with van der Waals surface area (Å²) in [6, 6.07) is 3.76. The molecule has 0 saturated carbocycles. The number of aromatic nitrogens is 1. The molecule has 0 saturated heterocycles. The zero-order valence-electron chi connectivity index (χ0n) is 6.38. The van der Waals surface area contributed by atoms with Gasteiger partial charge in [0.1, 0.15) is 0 Å². The lowest BCUT2D eigenvalue weighted by atomic mass is 10.4. The van der Waals surface area contributed by atoms with Gasteiger partial charge in [-0.2, -0.15) is 0 Å². The third-order valence-corrected chi connectivity index (χ3v) is 1.25. The van der Waals surface area contributed by atoms with Gasteiger partial charge in [-0.3, -0.25) is 4.98 Å². The molecule has 1 aromatic heterocycles. The van der Waals surface area contributed by atoms with E-state index in [4.69, 9.17) is 0 Å². The highest BCUT2D eigenvalue weighted by atomic mass is 32.1. The smallest absolute Gasteiger partial charge is 0.0923 e. The van der Waals surface area contributed by atoms with E-state index in [1.165, 1.54) is 0 Å². The van der Waals surface area contributed by atoms with E-state index < -0.39 is 0 Å². The van der Waals surface area contributed by atoms with E-state index in [-0.39, 0.29) is 0 Å². The molecule has 0 amide bonds. The first-order valence-corrected chi connectivity index (χ1v) is 3.92. The standard InChI is InChI=1S/C8H9N3S/c12-5-4-10-7-11-8-2-1-3-9-6-8/h1-7,12H,(H,10,11)/b5-4-. The second-order valence-electron chi connectivity index (χ2n) is 1.96. The molecule has 0 aliphatic heterocycles. The van der Waals surface area contributed by atoms with Gasteiger partial charge < -0.3 is 5.32 Å². The van der Waals surface area contributed by atoms with Crippen LogP contribution in [0.5, 0.6) is 0 Å². The number of nitrogens with one attached hydrogen (secondary N) is 1. The van der Waals surface area contributed by atoms with Crippen molar-refractivity contribution in [2.24, 2.45) is 4.99 Å². The van der Waals surface area contributed by atoms with Gasteiger partial charge in [-0.1, -0.05) is 0 Å². The molecule has 12 heavy (non-hydrogen) atoms. The van der Waals surface area contributed by atoms with Gasteiger partial charge in [0.15, 0.2) is 0 Å². The van der Waals surface area contributed by atoms with Crippen molar-refractivity contribution in [1.82, 2.24) is 4.98 Å². The SMILES string of the molecule is S/C=C\N=CNc1cccnc1.